The van der Waals surface area contributed by atoms with Crippen molar-refractivity contribution in [1.82, 2.24) is 0 Å². The van der Waals surface area contributed by atoms with E-state index in [1.807, 2.05) is 25.1 Å². The first-order chi connectivity index (χ1) is 9.56. The molecule has 102 valence electrons. The summed E-state index contributed by atoms with van der Waals surface area (Å²) in [6, 6.07) is 12.5. The van der Waals surface area contributed by atoms with Crippen LogP contribution in [0.2, 0.25) is 5.02 Å². The van der Waals surface area contributed by atoms with E-state index in [0.29, 0.717) is 16.3 Å². The van der Waals surface area contributed by atoms with Gasteiger partial charge in [0, 0.05) is 21.1 Å². The highest BCUT2D eigenvalue weighted by Gasteiger charge is 2.01. The first-order valence-electron chi connectivity index (χ1n) is 5.95. The molecule has 0 saturated carbocycles. The van der Waals surface area contributed by atoms with Gasteiger partial charge >= 0.3 is 0 Å². The molecule has 0 radical (unpaired) electrons. The number of hydrogen-bond acceptors (Lipinski definition) is 2. The Morgan fingerprint density at radius 1 is 1.20 bits per heavy atom. The Morgan fingerprint density at radius 3 is 2.55 bits per heavy atom. The zero-order chi connectivity index (χ0) is 14.5. The molecular weight excluding hydrogens is 340 g/mol. The summed E-state index contributed by atoms with van der Waals surface area (Å²) in [5, 5.41) is 0.687. The third-order valence-electron chi connectivity index (χ3n) is 2.68. The van der Waals surface area contributed by atoms with Crippen molar-refractivity contribution in [1.29, 1.82) is 0 Å². The van der Waals surface area contributed by atoms with Crippen LogP contribution in [0.4, 0.5) is 0 Å². The summed E-state index contributed by atoms with van der Waals surface area (Å²) < 4.78 is 6.32. The van der Waals surface area contributed by atoms with Crippen LogP contribution in [-0.2, 0) is 0 Å². The molecule has 0 fully saturated rings. The van der Waals surface area contributed by atoms with Crippen LogP contribution in [0.15, 0.2) is 59.3 Å². The molecule has 0 aliphatic carbocycles. The Hall–Kier alpha value is -1.58. The molecule has 20 heavy (non-hydrogen) atoms. The van der Waals surface area contributed by atoms with Crippen LogP contribution in [0.25, 0.3) is 0 Å². The van der Waals surface area contributed by atoms with E-state index in [1.54, 1.807) is 24.3 Å². The number of allylic oxidation sites excluding steroid dienone is 1. The average Bonchev–Trinajstić information content (AvgIpc) is 2.43. The maximum Gasteiger partial charge on any atom is 0.188 e. The lowest BCUT2D eigenvalue weighted by atomic mass is 10.1. The summed E-state index contributed by atoms with van der Waals surface area (Å²) in [6.07, 6.45) is 2.78. The number of carbonyl (C=O) groups excluding carboxylic acids is 1. The van der Waals surface area contributed by atoms with Crippen molar-refractivity contribution in [2.75, 3.05) is 0 Å². The lowest BCUT2D eigenvalue weighted by Gasteiger charge is -2.02. The number of ether oxygens (including phenoxy) is 1. The molecule has 0 saturated heterocycles. The monoisotopic (exact) mass is 350 g/mol. The number of rotatable bonds is 4. The highest BCUT2D eigenvalue weighted by molar-refractivity contribution is 9.10. The van der Waals surface area contributed by atoms with Gasteiger partial charge in [0.05, 0.1) is 6.26 Å². The van der Waals surface area contributed by atoms with E-state index in [0.717, 1.165) is 10.0 Å². The Kier molecular flexibility index (Phi) is 4.99. The molecular formula is C16H12BrClO2. The van der Waals surface area contributed by atoms with E-state index in [-0.39, 0.29) is 5.78 Å². The molecule has 4 heteroatoms. The minimum Gasteiger partial charge on any atom is -0.465 e. The van der Waals surface area contributed by atoms with Gasteiger partial charge in [0.15, 0.2) is 5.78 Å². The number of benzene rings is 2. The zero-order valence-corrected chi connectivity index (χ0v) is 13.1. The van der Waals surface area contributed by atoms with Gasteiger partial charge < -0.3 is 4.74 Å². The Labute approximate surface area is 131 Å². The number of carbonyl (C=O) groups is 1. The predicted molar refractivity (Wildman–Crippen MR) is 84.4 cm³/mol. The SMILES string of the molecule is Cc1cc(O/C=C/C(=O)c2ccc(Br)cc2)ccc1Cl. The Balaban J connectivity index is 2.00. The van der Waals surface area contributed by atoms with E-state index < -0.39 is 0 Å². The lowest BCUT2D eigenvalue weighted by molar-refractivity contribution is 0.104. The van der Waals surface area contributed by atoms with Crippen molar-refractivity contribution in [3.8, 4) is 5.75 Å². The van der Waals surface area contributed by atoms with Crippen molar-refractivity contribution in [2.45, 2.75) is 6.92 Å². The summed E-state index contributed by atoms with van der Waals surface area (Å²) >= 11 is 9.25. The predicted octanol–water partition coefficient (Wildman–Crippen LogP) is 5.19. The molecule has 0 bridgehead atoms. The average molecular weight is 352 g/mol. The van der Waals surface area contributed by atoms with E-state index in [9.17, 15) is 4.79 Å². The second-order valence-electron chi connectivity index (χ2n) is 4.20. The third kappa shape index (κ3) is 3.95. The van der Waals surface area contributed by atoms with Crippen LogP contribution < -0.4 is 4.74 Å². The number of hydrogen-bond donors (Lipinski definition) is 0. The van der Waals surface area contributed by atoms with Crippen LogP contribution in [0.3, 0.4) is 0 Å². The fourth-order valence-corrected chi connectivity index (χ4v) is 1.96. The summed E-state index contributed by atoms with van der Waals surface area (Å²) in [5.41, 5.74) is 1.54. The standard InChI is InChI=1S/C16H12BrClO2/c1-11-10-14(6-7-15(11)18)20-9-8-16(19)12-2-4-13(17)5-3-12/h2-10H,1H3/b9-8+. The van der Waals surface area contributed by atoms with Gasteiger partial charge in [0.1, 0.15) is 5.75 Å². The van der Waals surface area contributed by atoms with Crippen LogP contribution in [-0.4, -0.2) is 5.78 Å². The van der Waals surface area contributed by atoms with Gasteiger partial charge in [-0.1, -0.05) is 27.5 Å². The van der Waals surface area contributed by atoms with Gasteiger partial charge in [0.25, 0.3) is 0 Å². The molecule has 0 aliphatic heterocycles. The highest BCUT2D eigenvalue weighted by atomic mass is 79.9. The van der Waals surface area contributed by atoms with Crippen LogP contribution in [0.5, 0.6) is 5.75 Å². The molecule has 0 N–H and O–H groups in total. The molecule has 2 rings (SSSR count). The minimum atomic E-state index is -0.108. The van der Waals surface area contributed by atoms with Crippen molar-refractivity contribution in [3.05, 3.63) is 75.4 Å². The zero-order valence-electron chi connectivity index (χ0n) is 10.8. The first-order valence-corrected chi connectivity index (χ1v) is 7.12. The van der Waals surface area contributed by atoms with Gasteiger partial charge in [-0.25, -0.2) is 0 Å². The quantitative estimate of drug-likeness (QED) is 0.430. The maximum atomic E-state index is 11.9. The van der Waals surface area contributed by atoms with Crippen molar-refractivity contribution >= 4 is 33.3 Å². The largest absolute Gasteiger partial charge is 0.465 e. The van der Waals surface area contributed by atoms with E-state index in [2.05, 4.69) is 15.9 Å². The highest BCUT2D eigenvalue weighted by Crippen LogP contribution is 2.21. The molecule has 2 nitrogen and oxygen atoms in total. The fourth-order valence-electron chi connectivity index (χ4n) is 1.58. The van der Waals surface area contributed by atoms with Crippen molar-refractivity contribution in [3.63, 3.8) is 0 Å². The van der Waals surface area contributed by atoms with E-state index in [4.69, 9.17) is 16.3 Å². The van der Waals surface area contributed by atoms with Crippen molar-refractivity contribution < 1.29 is 9.53 Å². The molecule has 0 spiro atoms. The van der Waals surface area contributed by atoms with Gasteiger partial charge in [-0.3, -0.25) is 4.79 Å². The van der Waals surface area contributed by atoms with Gasteiger partial charge in [-0.05, 0) is 55.0 Å². The number of halogens is 2. The summed E-state index contributed by atoms with van der Waals surface area (Å²) in [6.45, 7) is 1.89. The Bertz CT molecular complexity index is 648. The van der Waals surface area contributed by atoms with Crippen molar-refractivity contribution in [2.24, 2.45) is 0 Å². The van der Waals surface area contributed by atoms with E-state index in [1.165, 1.54) is 12.3 Å². The molecule has 0 aliphatic rings. The molecule has 0 atom stereocenters. The normalized spacial score (nSPS) is 10.8. The van der Waals surface area contributed by atoms with Gasteiger partial charge in [-0.2, -0.15) is 0 Å². The lowest BCUT2D eigenvalue weighted by Crippen LogP contribution is -1.94. The maximum absolute atomic E-state index is 11.9. The summed E-state index contributed by atoms with van der Waals surface area (Å²) in [7, 11) is 0. The number of aryl methyl sites for hydroxylation is 1. The number of ketones is 1. The smallest absolute Gasteiger partial charge is 0.188 e. The molecule has 0 heterocycles. The second-order valence-corrected chi connectivity index (χ2v) is 5.53. The first kappa shape index (κ1) is 14.8. The fraction of sp³-hybridized carbons (Fsp3) is 0.0625. The van der Waals surface area contributed by atoms with E-state index >= 15 is 0 Å². The summed E-state index contributed by atoms with van der Waals surface area (Å²) in [5.74, 6) is 0.537. The molecule has 2 aromatic carbocycles. The topological polar surface area (TPSA) is 26.3 Å². The third-order valence-corrected chi connectivity index (χ3v) is 3.63. The second kappa shape index (κ2) is 6.73. The molecule has 0 amide bonds. The van der Waals surface area contributed by atoms with Crippen LogP contribution >= 0.6 is 27.5 Å². The minimum absolute atomic E-state index is 0.108. The van der Waals surface area contributed by atoms with Gasteiger partial charge in [-0.15, -0.1) is 0 Å². The van der Waals surface area contributed by atoms with Crippen LogP contribution in [0.1, 0.15) is 15.9 Å². The molecule has 0 unspecified atom stereocenters. The Morgan fingerprint density at radius 2 is 1.90 bits per heavy atom. The molecule has 0 aromatic heterocycles. The van der Waals surface area contributed by atoms with Gasteiger partial charge in [0.2, 0.25) is 0 Å². The molecule has 2 aromatic rings. The van der Waals surface area contributed by atoms with Crippen LogP contribution in [0, 0.1) is 6.92 Å². The summed E-state index contributed by atoms with van der Waals surface area (Å²) in [4.78, 5) is 11.9.